The van der Waals surface area contributed by atoms with Gasteiger partial charge in [-0.2, -0.15) is 26.3 Å². The number of aromatic nitrogens is 1. The number of carbonyl (C=O) groups excluding carboxylic acids is 1. The van der Waals surface area contributed by atoms with Crippen molar-refractivity contribution in [1.29, 1.82) is 0 Å². The van der Waals surface area contributed by atoms with E-state index < -0.39 is 24.3 Å². The average molecular weight is 503 g/mol. The van der Waals surface area contributed by atoms with E-state index in [0.29, 0.717) is 18.4 Å². The minimum Gasteiger partial charge on any atom is -0.475 e. The van der Waals surface area contributed by atoms with Crippen molar-refractivity contribution in [2.24, 2.45) is 5.92 Å². The van der Waals surface area contributed by atoms with Crippen LogP contribution in [-0.2, 0) is 25.7 Å². The molecule has 0 bridgehead atoms. The van der Waals surface area contributed by atoms with E-state index in [4.69, 9.17) is 24.5 Å². The fourth-order valence-corrected chi connectivity index (χ4v) is 3.26. The van der Waals surface area contributed by atoms with Gasteiger partial charge in [0.05, 0.1) is 18.6 Å². The van der Waals surface area contributed by atoms with Crippen LogP contribution >= 0.6 is 0 Å². The molecule has 34 heavy (non-hydrogen) atoms. The first-order valence-corrected chi connectivity index (χ1v) is 9.71. The van der Waals surface area contributed by atoms with Crippen molar-refractivity contribution < 1.29 is 55.7 Å². The highest BCUT2D eigenvalue weighted by molar-refractivity contribution is 5.76. The lowest BCUT2D eigenvalue weighted by atomic mass is 10.0. The lowest BCUT2D eigenvalue weighted by Crippen LogP contribution is -2.28. The molecule has 3 N–H and O–H groups in total. The molecule has 3 heterocycles. The number of rotatable bonds is 4. The van der Waals surface area contributed by atoms with Crippen LogP contribution in [0.5, 0.6) is 0 Å². The Bertz CT molecular complexity index is 783. The summed E-state index contributed by atoms with van der Waals surface area (Å²) in [5.41, 5.74) is 1.29. The van der Waals surface area contributed by atoms with Crippen molar-refractivity contribution >= 4 is 17.8 Å². The molecule has 9 nitrogen and oxygen atoms in total. The van der Waals surface area contributed by atoms with E-state index >= 15 is 0 Å². The molecule has 0 spiro atoms. The number of alkyl halides is 6. The minimum absolute atomic E-state index is 0.0728. The molecule has 1 aromatic heterocycles. The number of pyridine rings is 1. The molecule has 3 atom stereocenters. The quantitative estimate of drug-likeness (QED) is 0.533. The monoisotopic (exact) mass is 503 g/mol. The fourth-order valence-electron chi connectivity index (χ4n) is 3.26. The van der Waals surface area contributed by atoms with Crippen LogP contribution in [0, 0.1) is 5.92 Å². The summed E-state index contributed by atoms with van der Waals surface area (Å²) < 4.78 is 69.5. The Morgan fingerprint density at radius 3 is 1.97 bits per heavy atom. The zero-order chi connectivity index (χ0) is 26.1. The third-order valence-electron chi connectivity index (χ3n) is 4.72. The van der Waals surface area contributed by atoms with Gasteiger partial charge in [-0.3, -0.25) is 14.7 Å². The van der Waals surface area contributed by atoms with E-state index in [2.05, 4.69) is 27.3 Å². The lowest BCUT2D eigenvalue weighted by molar-refractivity contribution is -0.193. The maximum absolute atomic E-state index is 11.4. The molecule has 0 unspecified atom stereocenters. The number of fused-ring (bicyclic) bond motifs is 1. The topological polar surface area (TPSA) is 129 Å². The number of carboxylic acid groups (broad SMARTS) is 2. The number of amides is 1. The molecule has 1 aromatic rings. The molecule has 2 saturated heterocycles. The van der Waals surface area contributed by atoms with Gasteiger partial charge in [0.2, 0.25) is 5.91 Å². The van der Waals surface area contributed by atoms with Crippen molar-refractivity contribution in [3.05, 3.63) is 30.1 Å². The van der Waals surface area contributed by atoms with Crippen LogP contribution in [0.2, 0.25) is 0 Å². The second-order valence-electron chi connectivity index (χ2n) is 7.32. The van der Waals surface area contributed by atoms with E-state index in [1.807, 2.05) is 12.4 Å². The van der Waals surface area contributed by atoms with E-state index in [-0.39, 0.29) is 12.0 Å². The number of aliphatic carboxylic acids is 2. The van der Waals surface area contributed by atoms with E-state index in [1.54, 1.807) is 7.05 Å². The Morgan fingerprint density at radius 2 is 1.56 bits per heavy atom. The van der Waals surface area contributed by atoms with Crippen LogP contribution in [0.4, 0.5) is 26.3 Å². The summed E-state index contributed by atoms with van der Waals surface area (Å²) in [5.74, 6) is -4.87. The van der Waals surface area contributed by atoms with Gasteiger partial charge >= 0.3 is 24.3 Å². The molecule has 2 aliphatic rings. The number of hydrogen-bond donors (Lipinski definition) is 3. The van der Waals surface area contributed by atoms with Crippen LogP contribution in [0.25, 0.3) is 0 Å². The number of ether oxygens (including phenoxy) is 1. The van der Waals surface area contributed by atoms with Crippen molar-refractivity contribution in [3.63, 3.8) is 0 Å². The second kappa shape index (κ2) is 12.5. The summed E-state index contributed by atoms with van der Waals surface area (Å²) in [6.45, 7) is 2.99. The Labute approximate surface area is 189 Å². The Hall–Kier alpha value is -2.94. The second-order valence-corrected chi connectivity index (χ2v) is 7.32. The summed E-state index contributed by atoms with van der Waals surface area (Å²) in [5, 5.41) is 16.9. The molecule has 15 heteroatoms. The number of carboxylic acids is 2. The third-order valence-corrected chi connectivity index (χ3v) is 4.72. The van der Waals surface area contributed by atoms with Gasteiger partial charge in [-0.1, -0.05) is 0 Å². The van der Waals surface area contributed by atoms with Crippen molar-refractivity contribution in [3.8, 4) is 0 Å². The number of likely N-dealkylation sites (tertiary alicyclic amines) is 1. The summed E-state index contributed by atoms with van der Waals surface area (Å²) in [6, 6.07) is 4.12. The zero-order valence-electron chi connectivity index (χ0n) is 17.8. The first kappa shape index (κ1) is 29.1. The fraction of sp³-hybridized carbons (Fsp3) is 0.579. The number of halogens is 6. The Kier molecular flexibility index (Phi) is 10.7. The van der Waals surface area contributed by atoms with E-state index in [1.165, 1.54) is 5.56 Å². The van der Waals surface area contributed by atoms with Gasteiger partial charge in [0.25, 0.3) is 0 Å². The minimum atomic E-state index is -5.08. The number of nitrogens with zero attached hydrogens (tertiary/aromatic N) is 2. The highest BCUT2D eigenvalue weighted by Crippen LogP contribution is 2.34. The van der Waals surface area contributed by atoms with Crippen LogP contribution in [0.1, 0.15) is 18.4 Å². The van der Waals surface area contributed by atoms with Gasteiger partial charge in [0.15, 0.2) is 0 Å². The predicted octanol–water partition coefficient (Wildman–Crippen LogP) is 2.07. The summed E-state index contributed by atoms with van der Waals surface area (Å²) in [4.78, 5) is 35.7. The van der Waals surface area contributed by atoms with Gasteiger partial charge in [-0.15, -0.1) is 0 Å². The van der Waals surface area contributed by atoms with Gasteiger partial charge in [0, 0.05) is 45.0 Å². The molecule has 2 aliphatic heterocycles. The molecule has 0 aromatic carbocycles. The number of nitrogens with one attached hydrogen (secondary N) is 1. The van der Waals surface area contributed by atoms with Crippen molar-refractivity contribution in [1.82, 2.24) is 15.2 Å². The van der Waals surface area contributed by atoms with Crippen LogP contribution in [0.3, 0.4) is 0 Å². The standard InChI is InChI=1S/C15H21N3O2.2C2HF3O2/c1-16-15(19)7-13-6-12-9-18(10-14(12)20-13)8-11-2-4-17-5-3-11;2*3-2(4,5)1(6)7/h2-5,12-14H,6-10H2,1H3,(H,16,19);2*(H,6,7)/t12-,13-,14+;;/m0../s1. The molecular formula is C19H23F6N3O6. The zero-order valence-corrected chi connectivity index (χ0v) is 17.8. The smallest absolute Gasteiger partial charge is 0.475 e. The van der Waals surface area contributed by atoms with Crippen molar-refractivity contribution in [2.75, 3.05) is 20.1 Å². The molecule has 192 valence electrons. The lowest BCUT2D eigenvalue weighted by Gasteiger charge is -2.18. The van der Waals surface area contributed by atoms with Crippen LogP contribution < -0.4 is 5.32 Å². The SMILES string of the molecule is CNC(=O)C[C@@H]1C[C@H]2CN(Cc3ccncc3)C[C@H]2O1.O=C(O)C(F)(F)F.O=C(O)C(F)(F)F. The molecule has 3 rings (SSSR count). The first-order chi connectivity index (χ1) is 15.6. The average Bonchev–Trinajstić information content (AvgIpc) is 3.25. The van der Waals surface area contributed by atoms with Gasteiger partial charge in [-0.25, -0.2) is 9.59 Å². The highest BCUT2D eigenvalue weighted by Gasteiger charge is 2.42. The molecule has 0 saturated carbocycles. The maximum atomic E-state index is 11.4. The van der Waals surface area contributed by atoms with Gasteiger partial charge in [-0.05, 0) is 24.1 Å². The van der Waals surface area contributed by atoms with Gasteiger partial charge < -0.3 is 20.3 Å². The third kappa shape index (κ3) is 10.3. The van der Waals surface area contributed by atoms with Crippen LogP contribution in [0.15, 0.2) is 24.5 Å². The number of carbonyl (C=O) groups is 3. The predicted molar refractivity (Wildman–Crippen MR) is 102 cm³/mol. The Morgan fingerprint density at radius 1 is 1.06 bits per heavy atom. The molecule has 1 amide bonds. The molecule has 2 fully saturated rings. The summed E-state index contributed by atoms with van der Waals surface area (Å²) >= 11 is 0. The first-order valence-electron chi connectivity index (χ1n) is 9.71. The molecule has 0 aliphatic carbocycles. The normalized spacial score (nSPS) is 21.9. The van der Waals surface area contributed by atoms with E-state index in [9.17, 15) is 31.1 Å². The van der Waals surface area contributed by atoms with Crippen molar-refractivity contribution in [2.45, 2.75) is 43.9 Å². The maximum Gasteiger partial charge on any atom is 0.490 e. The van der Waals surface area contributed by atoms with E-state index in [0.717, 1.165) is 26.1 Å². The molecular weight excluding hydrogens is 480 g/mol. The largest absolute Gasteiger partial charge is 0.490 e. The summed E-state index contributed by atoms with van der Waals surface area (Å²) in [6.07, 6.45) is -4.59. The Balaban J connectivity index is 0.000000343. The number of hydrogen-bond acceptors (Lipinski definition) is 6. The summed E-state index contributed by atoms with van der Waals surface area (Å²) in [7, 11) is 1.68. The molecule has 0 radical (unpaired) electrons. The highest BCUT2D eigenvalue weighted by atomic mass is 19.4. The van der Waals surface area contributed by atoms with Gasteiger partial charge in [0.1, 0.15) is 0 Å². The van der Waals surface area contributed by atoms with Crippen LogP contribution in [-0.4, -0.2) is 82.6 Å².